The number of rotatable bonds is 6. The minimum Gasteiger partial charge on any atom is -0.356 e. The van der Waals surface area contributed by atoms with Crippen LogP contribution in [0.15, 0.2) is 24.3 Å². The zero-order valence-corrected chi connectivity index (χ0v) is 12.9. The van der Waals surface area contributed by atoms with Crippen LogP contribution in [0.3, 0.4) is 0 Å². The van der Waals surface area contributed by atoms with Crippen molar-refractivity contribution in [3.8, 4) is 0 Å². The fourth-order valence-electron chi connectivity index (χ4n) is 2.85. The molecule has 0 saturated carbocycles. The summed E-state index contributed by atoms with van der Waals surface area (Å²) in [6, 6.07) is 6.45. The molecule has 2 rings (SSSR count). The summed E-state index contributed by atoms with van der Waals surface area (Å²) in [5.41, 5.74) is 0.755. The zero-order chi connectivity index (χ0) is 16.1. The van der Waals surface area contributed by atoms with Gasteiger partial charge in [0.1, 0.15) is 0 Å². The largest absolute Gasteiger partial charge is 0.356 e. The normalized spacial score (nSPS) is 25.4. The van der Waals surface area contributed by atoms with Crippen molar-refractivity contribution in [3.05, 3.63) is 39.9 Å². The van der Waals surface area contributed by atoms with Crippen LogP contribution in [0.2, 0.25) is 0 Å². The van der Waals surface area contributed by atoms with Crippen molar-refractivity contribution in [2.45, 2.75) is 31.5 Å². The maximum Gasteiger partial charge on any atom is 0.269 e. The van der Waals surface area contributed by atoms with Crippen molar-refractivity contribution in [1.29, 1.82) is 0 Å². The Morgan fingerprint density at radius 2 is 2.00 bits per heavy atom. The molecular formula is C15H21NO6. The minimum absolute atomic E-state index is 0.0331. The average molecular weight is 311 g/mol. The molecule has 0 aliphatic carbocycles. The van der Waals surface area contributed by atoms with Gasteiger partial charge in [0.05, 0.1) is 11.0 Å². The van der Waals surface area contributed by atoms with Crippen LogP contribution >= 0.6 is 0 Å². The van der Waals surface area contributed by atoms with Crippen molar-refractivity contribution in [2.75, 3.05) is 21.3 Å². The number of methoxy groups -OCH3 is 3. The lowest BCUT2D eigenvalue weighted by molar-refractivity contribution is -0.385. The molecule has 7 heteroatoms. The van der Waals surface area contributed by atoms with E-state index in [2.05, 4.69) is 0 Å². The van der Waals surface area contributed by atoms with Crippen LogP contribution in [-0.2, 0) is 18.9 Å². The molecule has 22 heavy (non-hydrogen) atoms. The van der Waals surface area contributed by atoms with E-state index in [1.165, 1.54) is 12.1 Å². The second-order valence-corrected chi connectivity index (χ2v) is 5.16. The number of benzene rings is 1. The van der Waals surface area contributed by atoms with E-state index in [1.54, 1.807) is 27.4 Å². The second kappa shape index (κ2) is 7.64. The van der Waals surface area contributed by atoms with Crippen LogP contribution in [0.5, 0.6) is 0 Å². The van der Waals surface area contributed by atoms with Crippen molar-refractivity contribution in [3.63, 3.8) is 0 Å². The topological polar surface area (TPSA) is 80.1 Å². The van der Waals surface area contributed by atoms with Gasteiger partial charge in [-0.25, -0.2) is 0 Å². The Morgan fingerprint density at radius 1 is 1.27 bits per heavy atom. The molecule has 1 heterocycles. The summed E-state index contributed by atoms with van der Waals surface area (Å²) in [4.78, 5) is 10.6. The number of non-ortho nitro benzene ring substituents is 1. The quantitative estimate of drug-likeness (QED) is 0.456. The van der Waals surface area contributed by atoms with Crippen LogP contribution in [0.25, 0.3) is 0 Å². The Balaban J connectivity index is 2.31. The molecule has 1 aromatic carbocycles. The maximum absolute atomic E-state index is 11.0. The molecule has 0 amide bonds. The Morgan fingerprint density at radius 3 is 2.59 bits per heavy atom. The summed E-state index contributed by atoms with van der Waals surface area (Å²) in [6.45, 7) is 0. The highest BCUT2D eigenvalue weighted by atomic mass is 16.7. The number of nitrogens with zero attached hydrogens (tertiary/aromatic N) is 1. The van der Waals surface area contributed by atoms with E-state index in [4.69, 9.17) is 18.9 Å². The van der Waals surface area contributed by atoms with Crippen LogP contribution < -0.4 is 0 Å². The van der Waals surface area contributed by atoms with Crippen LogP contribution in [0.1, 0.15) is 24.5 Å². The first kappa shape index (κ1) is 16.8. The Hall–Kier alpha value is -1.54. The Bertz CT molecular complexity index is 505. The lowest BCUT2D eigenvalue weighted by Crippen LogP contribution is -2.38. The van der Waals surface area contributed by atoms with Crippen LogP contribution in [0.4, 0.5) is 5.69 Å². The fourth-order valence-corrected chi connectivity index (χ4v) is 2.85. The smallest absolute Gasteiger partial charge is 0.269 e. The zero-order valence-electron chi connectivity index (χ0n) is 12.9. The van der Waals surface area contributed by atoms with E-state index < -0.39 is 11.2 Å². The van der Waals surface area contributed by atoms with Crippen molar-refractivity contribution in [1.82, 2.24) is 0 Å². The monoisotopic (exact) mass is 311 g/mol. The van der Waals surface area contributed by atoms with Gasteiger partial charge in [-0.2, -0.15) is 0 Å². The van der Waals surface area contributed by atoms with Crippen molar-refractivity contribution < 1.29 is 23.9 Å². The van der Waals surface area contributed by atoms with Crippen LogP contribution in [0, 0.1) is 16.0 Å². The van der Waals surface area contributed by atoms with E-state index >= 15 is 0 Å². The summed E-state index contributed by atoms with van der Waals surface area (Å²) >= 11 is 0. The van der Waals surface area contributed by atoms with Gasteiger partial charge in [-0.1, -0.05) is 12.1 Å². The van der Waals surface area contributed by atoms with Gasteiger partial charge in [0, 0.05) is 39.4 Å². The molecule has 0 bridgehead atoms. The summed E-state index contributed by atoms with van der Waals surface area (Å²) in [5.74, 6) is -0.0663. The molecule has 3 atom stereocenters. The maximum atomic E-state index is 11.0. The highest BCUT2D eigenvalue weighted by Gasteiger charge is 2.38. The molecule has 0 radical (unpaired) electrons. The molecule has 1 saturated heterocycles. The van der Waals surface area contributed by atoms with Crippen molar-refractivity contribution in [2.24, 2.45) is 5.92 Å². The highest BCUT2D eigenvalue weighted by molar-refractivity contribution is 5.35. The standard InChI is InChI=1S/C15H21NO6/c1-19-13-8-7-12(15(20-2)21-3)14(22-13)10-5-4-6-11(9-10)16(17)18/h4-6,9,12-15H,7-8H2,1-3H3/t12-,13+,14-/m0/s1. The minimum atomic E-state index is -0.443. The van der Waals surface area contributed by atoms with E-state index in [9.17, 15) is 10.1 Å². The van der Waals surface area contributed by atoms with Gasteiger partial charge in [-0.3, -0.25) is 10.1 Å². The second-order valence-electron chi connectivity index (χ2n) is 5.16. The fraction of sp³-hybridized carbons (Fsp3) is 0.600. The van der Waals surface area contributed by atoms with Gasteiger partial charge >= 0.3 is 0 Å². The lowest BCUT2D eigenvalue weighted by Gasteiger charge is -2.38. The SMILES string of the molecule is COC(OC)[C@H]1CC[C@H](OC)O[C@H]1c1cccc([N+](=O)[O-])c1. The first-order chi connectivity index (χ1) is 10.6. The van der Waals surface area contributed by atoms with Gasteiger partial charge in [0.25, 0.3) is 5.69 Å². The molecule has 1 aromatic rings. The van der Waals surface area contributed by atoms with Gasteiger partial charge < -0.3 is 18.9 Å². The highest BCUT2D eigenvalue weighted by Crippen LogP contribution is 2.40. The predicted octanol–water partition coefficient (Wildman–Crippen LogP) is 2.65. The summed E-state index contributed by atoms with van der Waals surface area (Å²) in [6.07, 6.45) is 0.328. The third-order valence-electron chi connectivity index (χ3n) is 3.91. The first-order valence-corrected chi connectivity index (χ1v) is 7.09. The lowest BCUT2D eigenvalue weighted by atomic mass is 9.88. The molecule has 1 aliphatic rings. The molecule has 0 spiro atoms. The Labute approximate surface area is 129 Å². The molecule has 7 nitrogen and oxygen atoms in total. The van der Waals surface area contributed by atoms with E-state index in [0.717, 1.165) is 18.4 Å². The molecule has 122 valence electrons. The Kier molecular flexibility index (Phi) is 5.84. The van der Waals surface area contributed by atoms with Gasteiger partial charge in [-0.15, -0.1) is 0 Å². The molecule has 0 aromatic heterocycles. The predicted molar refractivity (Wildman–Crippen MR) is 78.2 cm³/mol. The first-order valence-electron chi connectivity index (χ1n) is 7.09. The number of nitro groups is 1. The van der Waals surface area contributed by atoms with E-state index in [0.29, 0.717) is 0 Å². The van der Waals surface area contributed by atoms with Gasteiger partial charge in [0.2, 0.25) is 0 Å². The third-order valence-corrected chi connectivity index (χ3v) is 3.91. The summed E-state index contributed by atoms with van der Waals surface area (Å²) in [7, 11) is 4.72. The van der Waals surface area contributed by atoms with E-state index in [1.807, 2.05) is 6.07 Å². The molecule has 1 fully saturated rings. The summed E-state index contributed by atoms with van der Waals surface area (Å²) in [5, 5.41) is 11.0. The van der Waals surface area contributed by atoms with Gasteiger partial charge in [0.15, 0.2) is 12.6 Å². The molecule has 0 N–H and O–H groups in total. The number of nitro benzene ring substituents is 1. The summed E-state index contributed by atoms with van der Waals surface area (Å²) < 4.78 is 21.9. The third kappa shape index (κ3) is 3.61. The van der Waals surface area contributed by atoms with Crippen LogP contribution in [-0.4, -0.2) is 38.8 Å². The molecule has 1 aliphatic heterocycles. The number of ether oxygens (including phenoxy) is 4. The number of hydrogen-bond acceptors (Lipinski definition) is 6. The van der Waals surface area contributed by atoms with E-state index in [-0.39, 0.29) is 24.0 Å². The average Bonchev–Trinajstić information content (AvgIpc) is 2.56. The molecule has 0 unspecified atom stereocenters. The molecular weight excluding hydrogens is 290 g/mol. The van der Waals surface area contributed by atoms with Crippen molar-refractivity contribution >= 4 is 5.69 Å². The van der Waals surface area contributed by atoms with Gasteiger partial charge in [-0.05, 0) is 18.4 Å². The number of hydrogen-bond donors (Lipinski definition) is 0.